The summed E-state index contributed by atoms with van der Waals surface area (Å²) in [5.74, 6) is 0.255. The van der Waals surface area contributed by atoms with Gasteiger partial charge in [0, 0.05) is 18.7 Å². The first kappa shape index (κ1) is 21.1. The third-order valence-corrected chi connectivity index (χ3v) is 7.14. The fourth-order valence-electron chi connectivity index (χ4n) is 3.65. The van der Waals surface area contributed by atoms with Gasteiger partial charge in [-0.15, -0.1) is 0 Å². The van der Waals surface area contributed by atoms with E-state index in [0.29, 0.717) is 43.1 Å². The molecule has 0 unspecified atom stereocenters. The molecular formula is C24H24N2O4S. The van der Waals surface area contributed by atoms with Crippen molar-refractivity contribution in [1.29, 1.82) is 0 Å². The summed E-state index contributed by atoms with van der Waals surface area (Å²) in [6.07, 6.45) is 0.690. The number of ether oxygens (including phenoxy) is 1. The Kier molecular flexibility index (Phi) is 6.06. The van der Waals surface area contributed by atoms with E-state index in [-0.39, 0.29) is 10.8 Å². The van der Waals surface area contributed by atoms with Crippen molar-refractivity contribution in [2.75, 3.05) is 18.5 Å². The van der Waals surface area contributed by atoms with E-state index in [1.165, 1.54) is 34.1 Å². The highest BCUT2D eigenvalue weighted by Crippen LogP contribution is 2.26. The minimum atomic E-state index is -3.64. The number of amides is 1. The molecule has 3 aromatic rings. The maximum absolute atomic E-state index is 13.1. The largest absolute Gasteiger partial charge is 0.492 e. The van der Waals surface area contributed by atoms with Crippen LogP contribution >= 0.6 is 0 Å². The van der Waals surface area contributed by atoms with Gasteiger partial charge >= 0.3 is 0 Å². The summed E-state index contributed by atoms with van der Waals surface area (Å²) in [4.78, 5) is 12.8. The number of carbonyl (C=O) groups is 1. The third-order valence-electron chi connectivity index (χ3n) is 5.29. The van der Waals surface area contributed by atoms with E-state index < -0.39 is 10.0 Å². The Balaban J connectivity index is 1.50. The maximum atomic E-state index is 13.1. The summed E-state index contributed by atoms with van der Waals surface area (Å²) in [5.41, 5.74) is 3.15. The van der Waals surface area contributed by atoms with E-state index in [9.17, 15) is 13.2 Å². The number of nitrogens with one attached hydrogen (secondary N) is 1. The standard InChI is InChI=1S/C24H24N2O4S/c1-2-30-23-10-6-5-9-22(23)25-24(27)19-11-13-21(14-12-19)31(28,29)26-16-15-18-7-3-4-8-20(18)17-26/h3-14H,2,15-17H2,1H3,(H,25,27). The summed E-state index contributed by atoms with van der Waals surface area (Å²) in [7, 11) is -3.64. The highest BCUT2D eigenvalue weighted by molar-refractivity contribution is 7.89. The topological polar surface area (TPSA) is 75.7 Å². The second kappa shape index (κ2) is 8.91. The maximum Gasteiger partial charge on any atom is 0.255 e. The molecule has 4 rings (SSSR count). The lowest BCUT2D eigenvalue weighted by Crippen LogP contribution is -2.35. The number of benzene rings is 3. The Morgan fingerprint density at radius 1 is 0.968 bits per heavy atom. The number of para-hydroxylation sites is 2. The predicted octanol–water partition coefficient (Wildman–Crippen LogP) is 4.08. The van der Waals surface area contributed by atoms with Gasteiger partial charge in [-0.05, 0) is 60.9 Å². The van der Waals surface area contributed by atoms with Crippen molar-refractivity contribution in [3.63, 3.8) is 0 Å². The molecule has 1 heterocycles. The predicted molar refractivity (Wildman–Crippen MR) is 120 cm³/mol. The normalized spacial score (nSPS) is 14.0. The first-order valence-corrected chi connectivity index (χ1v) is 11.6. The lowest BCUT2D eigenvalue weighted by molar-refractivity contribution is 0.102. The molecule has 3 aromatic carbocycles. The van der Waals surface area contributed by atoms with Gasteiger partial charge in [0.2, 0.25) is 10.0 Å². The molecule has 0 saturated heterocycles. The minimum absolute atomic E-state index is 0.179. The molecule has 0 aromatic heterocycles. The fraction of sp³-hybridized carbons (Fsp3) is 0.208. The van der Waals surface area contributed by atoms with Crippen LogP contribution in [0.15, 0.2) is 77.7 Å². The molecule has 0 saturated carbocycles. The van der Waals surface area contributed by atoms with Crippen molar-refractivity contribution in [2.45, 2.75) is 24.8 Å². The summed E-state index contributed by atoms with van der Waals surface area (Å²) in [5, 5.41) is 2.82. The molecule has 6 nitrogen and oxygen atoms in total. The first-order valence-electron chi connectivity index (χ1n) is 10.2. The number of hydrogen-bond acceptors (Lipinski definition) is 4. The van der Waals surface area contributed by atoms with Crippen molar-refractivity contribution in [1.82, 2.24) is 4.31 Å². The van der Waals surface area contributed by atoms with Crippen LogP contribution in [-0.4, -0.2) is 31.8 Å². The van der Waals surface area contributed by atoms with E-state index in [2.05, 4.69) is 5.32 Å². The van der Waals surface area contributed by atoms with E-state index >= 15 is 0 Å². The number of anilines is 1. The molecular weight excluding hydrogens is 412 g/mol. The van der Waals surface area contributed by atoms with Gasteiger partial charge in [-0.2, -0.15) is 4.31 Å². The first-order chi connectivity index (χ1) is 15.0. The number of fused-ring (bicyclic) bond motifs is 1. The number of hydrogen-bond donors (Lipinski definition) is 1. The Labute approximate surface area is 182 Å². The summed E-state index contributed by atoms with van der Waals surface area (Å²) >= 11 is 0. The Morgan fingerprint density at radius 3 is 2.39 bits per heavy atom. The minimum Gasteiger partial charge on any atom is -0.492 e. The molecule has 0 fully saturated rings. The van der Waals surface area contributed by atoms with Gasteiger partial charge in [-0.3, -0.25) is 4.79 Å². The lowest BCUT2D eigenvalue weighted by Gasteiger charge is -2.28. The van der Waals surface area contributed by atoms with Crippen LogP contribution in [0.5, 0.6) is 5.75 Å². The number of carbonyl (C=O) groups excluding carboxylic acids is 1. The molecule has 0 radical (unpaired) electrons. The monoisotopic (exact) mass is 436 g/mol. The van der Waals surface area contributed by atoms with E-state index in [4.69, 9.17) is 4.74 Å². The van der Waals surface area contributed by atoms with Crippen LogP contribution in [0.1, 0.15) is 28.4 Å². The molecule has 0 aliphatic carbocycles. The number of rotatable bonds is 6. The molecule has 160 valence electrons. The highest BCUT2D eigenvalue weighted by atomic mass is 32.2. The Morgan fingerprint density at radius 2 is 1.65 bits per heavy atom. The smallest absolute Gasteiger partial charge is 0.255 e. The van der Waals surface area contributed by atoms with Gasteiger partial charge in [0.15, 0.2) is 0 Å². The van der Waals surface area contributed by atoms with Crippen LogP contribution in [0.25, 0.3) is 0 Å². The summed E-state index contributed by atoms with van der Waals surface area (Å²) in [6, 6.07) is 21.1. The van der Waals surface area contributed by atoms with Gasteiger partial charge in [0.1, 0.15) is 5.75 Å². The zero-order valence-corrected chi connectivity index (χ0v) is 18.1. The number of nitrogens with zero attached hydrogens (tertiary/aromatic N) is 1. The van der Waals surface area contributed by atoms with Crippen molar-refractivity contribution in [3.05, 3.63) is 89.5 Å². The molecule has 1 N–H and O–H groups in total. The van der Waals surface area contributed by atoms with Crippen molar-refractivity contribution in [3.8, 4) is 5.75 Å². The van der Waals surface area contributed by atoms with Crippen LogP contribution in [-0.2, 0) is 23.0 Å². The SMILES string of the molecule is CCOc1ccccc1NC(=O)c1ccc(S(=O)(=O)N2CCc3ccccc3C2)cc1. The molecule has 1 amide bonds. The van der Waals surface area contributed by atoms with Crippen molar-refractivity contribution < 1.29 is 17.9 Å². The molecule has 1 aliphatic heterocycles. The fourth-order valence-corrected chi connectivity index (χ4v) is 5.07. The lowest BCUT2D eigenvalue weighted by atomic mass is 10.0. The van der Waals surface area contributed by atoms with Gasteiger partial charge in [-0.1, -0.05) is 36.4 Å². The van der Waals surface area contributed by atoms with Crippen LogP contribution in [0.3, 0.4) is 0 Å². The second-order valence-electron chi connectivity index (χ2n) is 7.26. The molecule has 0 atom stereocenters. The van der Waals surface area contributed by atoms with Crippen molar-refractivity contribution in [2.24, 2.45) is 0 Å². The molecule has 7 heteroatoms. The molecule has 31 heavy (non-hydrogen) atoms. The van der Waals surface area contributed by atoms with E-state index in [1.807, 2.05) is 43.3 Å². The molecule has 1 aliphatic rings. The average molecular weight is 437 g/mol. The van der Waals surface area contributed by atoms with Gasteiger partial charge in [0.05, 0.1) is 17.2 Å². The Bertz CT molecular complexity index is 1190. The van der Waals surface area contributed by atoms with Gasteiger partial charge in [-0.25, -0.2) is 8.42 Å². The van der Waals surface area contributed by atoms with Crippen LogP contribution in [0, 0.1) is 0 Å². The molecule has 0 spiro atoms. The van der Waals surface area contributed by atoms with E-state index in [1.54, 1.807) is 12.1 Å². The van der Waals surface area contributed by atoms with Crippen LogP contribution in [0.4, 0.5) is 5.69 Å². The quantitative estimate of drug-likeness (QED) is 0.632. The second-order valence-corrected chi connectivity index (χ2v) is 9.20. The average Bonchev–Trinajstić information content (AvgIpc) is 2.80. The van der Waals surface area contributed by atoms with Crippen LogP contribution in [0.2, 0.25) is 0 Å². The zero-order chi connectivity index (χ0) is 21.8. The summed E-state index contributed by atoms with van der Waals surface area (Å²) in [6.45, 7) is 3.16. The van der Waals surface area contributed by atoms with Gasteiger partial charge < -0.3 is 10.1 Å². The van der Waals surface area contributed by atoms with Crippen molar-refractivity contribution >= 4 is 21.6 Å². The van der Waals surface area contributed by atoms with Crippen LogP contribution < -0.4 is 10.1 Å². The summed E-state index contributed by atoms with van der Waals surface area (Å²) < 4.78 is 33.2. The third kappa shape index (κ3) is 4.47. The molecule has 0 bridgehead atoms. The van der Waals surface area contributed by atoms with E-state index in [0.717, 1.165) is 5.56 Å². The Hall–Kier alpha value is -3.16. The van der Waals surface area contributed by atoms with Gasteiger partial charge in [0.25, 0.3) is 5.91 Å². The highest BCUT2D eigenvalue weighted by Gasteiger charge is 2.28. The number of sulfonamides is 1. The zero-order valence-electron chi connectivity index (χ0n) is 17.2.